The van der Waals surface area contributed by atoms with E-state index in [1.54, 1.807) is 12.1 Å². The summed E-state index contributed by atoms with van der Waals surface area (Å²) in [6.07, 6.45) is 0. The Morgan fingerprint density at radius 3 is 0.562 bits per heavy atom. The van der Waals surface area contributed by atoms with Gasteiger partial charge in [0.25, 0.3) is 0 Å². The van der Waals surface area contributed by atoms with Crippen LogP contribution in [-0.2, 0) is 0 Å². The van der Waals surface area contributed by atoms with Gasteiger partial charge in [0.1, 0.15) is 11.6 Å². The van der Waals surface area contributed by atoms with Crippen molar-refractivity contribution in [3.05, 3.63) is 276 Å². The lowest BCUT2D eigenvalue weighted by Crippen LogP contribution is -1.72. The van der Waals surface area contributed by atoms with E-state index in [2.05, 4.69) is 178 Å². The Bertz CT molecular complexity index is 1850. The molecule has 0 atom stereocenters. The van der Waals surface area contributed by atoms with Gasteiger partial charge in [0.2, 0.25) is 0 Å². The van der Waals surface area contributed by atoms with Crippen LogP contribution in [0.2, 0.25) is 10.0 Å². The Kier molecular flexibility index (Phi) is 83.4. The van der Waals surface area contributed by atoms with Gasteiger partial charge >= 0.3 is 0 Å². The predicted octanol–water partition coefficient (Wildman–Crippen LogP) is 28.5. The number of rotatable bonds is 0. The van der Waals surface area contributed by atoms with E-state index < -0.39 is 0 Å². The Labute approximate surface area is 546 Å². The molecule has 8 heteroatoms. The second kappa shape index (κ2) is 71.7. The van der Waals surface area contributed by atoms with Gasteiger partial charge in [-0.2, -0.15) is 0 Å². The van der Waals surface area contributed by atoms with Gasteiger partial charge in [0, 0.05) is 26.1 Å². The molecule has 0 N–H and O–H groups in total. The number of benzene rings is 8. The van der Waals surface area contributed by atoms with Crippen molar-refractivity contribution in [3.63, 3.8) is 0 Å². The fraction of sp³-hybridized carbons (Fsp3) is 0.333. The minimum absolute atomic E-state index is 0.162. The third kappa shape index (κ3) is 68.9. The Morgan fingerprint density at radius 2 is 0.450 bits per heavy atom. The fourth-order valence-corrected chi connectivity index (χ4v) is 7.76. The molecule has 0 fully saturated rings. The summed E-state index contributed by atoms with van der Waals surface area (Å²) in [5.41, 5.74) is 9.58. The maximum absolute atomic E-state index is 12.2. The largest absolute Gasteiger partial charge is 0.207 e. The van der Waals surface area contributed by atoms with E-state index >= 15 is 0 Å². The smallest absolute Gasteiger partial charge is 0.123 e. The zero-order valence-corrected chi connectivity index (χ0v) is 62.5. The second-order valence-electron chi connectivity index (χ2n) is 14.4. The summed E-state index contributed by atoms with van der Waals surface area (Å²) in [6, 6.07) is 61.8. The molecule has 0 bridgehead atoms. The molecule has 0 heterocycles. The Hall–Kier alpha value is -3.38. The van der Waals surface area contributed by atoms with Gasteiger partial charge in [-0.3, -0.25) is 0 Å². The van der Waals surface area contributed by atoms with Crippen molar-refractivity contribution >= 4 is 100 Å². The summed E-state index contributed by atoms with van der Waals surface area (Å²) in [5.74, 6) is -0.324. The Morgan fingerprint density at radius 1 is 0.263 bits per heavy atom. The highest BCUT2D eigenvalue weighted by Gasteiger charge is 1.88. The zero-order valence-electron chi connectivity index (χ0n) is 53.5. The van der Waals surface area contributed by atoms with E-state index in [9.17, 15) is 8.78 Å². The van der Waals surface area contributed by atoms with Crippen LogP contribution in [0, 0.1) is 74.2 Å². The molecule has 0 aliphatic heterocycles. The monoisotopic (exact) mass is 1490 g/mol. The number of hydrogen-bond acceptors (Lipinski definition) is 0. The van der Waals surface area contributed by atoms with Crippen molar-refractivity contribution in [2.24, 2.45) is 0 Å². The standard InChI is InChI=1S/2C7H7Br.2C7H7Cl.2C7H7F.2C7H7I.8C2H6/c8*1-6-3-2-4-7(8)5-6;8*1-2/h8*2-5H,1H3;8*1-2H3. The average molecular weight is 1490 g/mol. The second-order valence-corrected chi connectivity index (χ2v) is 19.6. The molecule has 0 amide bonds. The third-order valence-corrected chi connectivity index (χ3v) is 10.6. The molecule has 448 valence electrons. The van der Waals surface area contributed by atoms with Crippen LogP contribution in [0.25, 0.3) is 0 Å². The first kappa shape index (κ1) is 93.0. The average Bonchev–Trinajstić information content (AvgIpc) is 3.44. The summed E-state index contributed by atoms with van der Waals surface area (Å²) < 4.78 is 29.3. The van der Waals surface area contributed by atoms with Gasteiger partial charge in [-0.1, -0.05) is 285 Å². The molecule has 0 saturated carbocycles. The lowest BCUT2D eigenvalue weighted by atomic mass is 10.2. The van der Waals surface area contributed by atoms with Crippen LogP contribution in [0.5, 0.6) is 0 Å². The molecular formula is C72H104Br2Cl2F2I2. The topological polar surface area (TPSA) is 0 Å². The van der Waals surface area contributed by atoms with Crippen LogP contribution in [0.4, 0.5) is 8.78 Å². The van der Waals surface area contributed by atoms with Crippen molar-refractivity contribution in [1.29, 1.82) is 0 Å². The van der Waals surface area contributed by atoms with Gasteiger partial charge in [-0.15, -0.1) is 0 Å². The number of aryl methyl sites for hydroxylation is 8. The molecular weight excluding hydrogens is 1390 g/mol. The molecule has 80 heavy (non-hydrogen) atoms. The van der Waals surface area contributed by atoms with Gasteiger partial charge < -0.3 is 0 Å². The molecule has 0 saturated heterocycles. The van der Waals surface area contributed by atoms with Crippen LogP contribution >= 0.6 is 100 Å². The lowest BCUT2D eigenvalue weighted by molar-refractivity contribution is 0.626. The first-order valence-corrected chi connectivity index (χ1v) is 32.6. The maximum Gasteiger partial charge on any atom is 0.123 e. The first-order valence-electron chi connectivity index (χ1n) is 28.1. The van der Waals surface area contributed by atoms with E-state index in [0.717, 1.165) is 30.1 Å². The lowest BCUT2D eigenvalue weighted by Gasteiger charge is -1.89. The first-order chi connectivity index (χ1) is 38.3. The molecule has 0 spiro atoms. The van der Waals surface area contributed by atoms with Crippen LogP contribution < -0.4 is 0 Å². The van der Waals surface area contributed by atoms with E-state index in [-0.39, 0.29) is 11.6 Å². The minimum Gasteiger partial charge on any atom is -0.207 e. The highest BCUT2D eigenvalue weighted by Crippen LogP contribution is 2.12. The van der Waals surface area contributed by atoms with E-state index in [4.69, 9.17) is 23.2 Å². The molecule has 0 radical (unpaired) electrons. The fourth-order valence-electron chi connectivity index (χ4n) is 4.84. The molecule has 0 nitrogen and oxygen atoms in total. The molecule has 8 aromatic carbocycles. The van der Waals surface area contributed by atoms with Crippen molar-refractivity contribution in [3.8, 4) is 0 Å². The van der Waals surface area contributed by atoms with E-state index in [0.29, 0.717) is 0 Å². The highest BCUT2D eigenvalue weighted by molar-refractivity contribution is 14.1. The van der Waals surface area contributed by atoms with Gasteiger partial charge in [-0.05, 0) is 220 Å². The van der Waals surface area contributed by atoms with E-state index in [1.165, 1.54) is 64.8 Å². The van der Waals surface area contributed by atoms with Crippen molar-refractivity contribution in [2.75, 3.05) is 0 Å². The molecule has 0 aliphatic rings. The number of halogens is 8. The van der Waals surface area contributed by atoms with Crippen LogP contribution in [0.1, 0.15) is 155 Å². The summed E-state index contributed by atoms with van der Waals surface area (Å²) >= 11 is 22.6. The van der Waals surface area contributed by atoms with E-state index in [1.807, 2.05) is 223 Å². The van der Waals surface area contributed by atoms with Gasteiger partial charge in [0.05, 0.1) is 0 Å². The zero-order chi connectivity index (χ0) is 63.9. The normalized spacial score (nSPS) is 8.00. The summed E-state index contributed by atoms with van der Waals surface area (Å²) in [4.78, 5) is 0. The van der Waals surface area contributed by atoms with Crippen molar-refractivity contribution < 1.29 is 8.78 Å². The molecule has 0 aliphatic carbocycles. The Balaban J connectivity index is -0.000000119. The molecule has 8 rings (SSSR count). The maximum atomic E-state index is 12.2. The quantitative estimate of drug-likeness (QED) is 0.133. The van der Waals surface area contributed by atoms with Crippen LogP contribution in [-0.4, -0.2) is 0 Å². The SMILES string of the molecule is CC.CC.CC.CC.CC.CC.CC.CC.Cc1cccc(Br)c1.Cc1cccc(Br)c1.Cc1cccc(Cl)c1.Cc1cccc(Cl)c1.Cc1cccc(F)c1.Cc1cccc(F)c1.Cc1cccc(I)c1.Cc1cccc(I)c1. The number of hydrogen-bond donors (Lipinski definition) is 0. The molecule has 8 aromatic rings. The molecule has 0 unspecified atom stereocenters. The predicted molar refractivity (Wildman–Crippen MR) is 391 cm³/mol. The van der Waals surface area contributed by atoms with Crippen LogP contribution in [0.3, 0.4) is 0 Å². The summed E-state index contributed by atoms with van der Waals surface area (Å²) in [6.45, 7) is 48.1. The third-order valence-electron chi connectivity index (χ3n) is 7.84. The van der Waals surface area contributed by atoms with Gasteiger partial charge in [0.15, 0.2) is 0 Å². The van der Waals surface area contributed by atoms with Crippen LogP contribution in [0.15, 0.2) is 203 Å². The minimum atomic E-state index is -0.162. The molecule has 0 aromatic heterocycles. The summed E-state index contributed by atoms with van der Waals surface area (Å²) in [5, 5.41) is 1.62. The van der Waals surface area contributed by atoms with Crippen molar-refractivity contribution in [2.45, 2.75) is 166 Å². The highest BCUT2D eigenvalue weighted by atomic mass is 127. The van der Waals surface area contributed by atoms with Gasteiger partial charge in [-0.25, -0.2) is 8.78 Å². The van der Waals surface area contributed by atoms with Crippen molar-refractivity contribution in [1.82, 2.24) is 0 Å². The summed E-state index contributed by atoms with van der Waals surface area (Å²) in [7, 11) is 0.